The van der Waals surface area contributed by atoms with Crippen molar-refractivity contribution in [2.24, 2.45) is 7.05 Å². The Kier molecular flexibility index (Phi) is 3.39. The zero-order valence-corrected chi connectivity index (χ0v) is 9.57. The minimum absolute atomic E-state index is 0.0255. The summed E-state index contributed by atoms with van der Waals surface area (Å²) in [5.74, 6) is -0.0833. The van der Waals surface area contributed by atoms with Crippen molar-refractivity contribution in [1.29, 1.82) is 0 Å². The van der Waals surface area contributed by atoms with E-state index < -0.39 is 11.0 Å². The van der Waals surface area contributed by atoms with Gasteiger partial charge in [0, 0.05) is 13.0 Å². The van der Waals surface area contributed by atoms with Gasteiger partial charge in [0.25, 0.3) is 0 Å². The smallest absolute Gasteiger partial charge is 0.310 e. The van der Waals surface area contributed by atoms with Crippen molar-refractivity contribution in [3.8, 4) is 0 Å². The first-order valence-electron chi connectivity index (χ1n) is 5.51. The number of ether oxygens (including phenoxy) is 1. The second-order valence-electron chi connectivity index (χ2n) is 4.26. The standard InChI is InChI=1S/C10H15N3O4/c1-12-10(9(4-11-12)13(15)16)7-2-3-8(14)6-17-5-7/h4,7-8,14H,2-3,5-6H2,1H3. The number of nitrogens with zero attached hydrogens (tertiary/aromatic N) is 3. The van der Waals surface area contributed by atoms with Gasteiger partial charge in [-0.1, -0.05) is 0 Å². The number of nitro groups is 1. The summed E-state index contributed by atoms with van der Waals surface area (Å²) < 4.78 is 6.84. The average Bonchev–Trinajstić information content (AvgIpc) is 2.52. The van der Waals surface area contributed by atoms with Gasteiger partial charge in [0.1, 0.15) is 11.9 Å². The molecule has 2 rings (SSSR count). The molecule has 94 valence electrons. The molecule has 0 aromatic carbocycles. The van der Waals surface area contributed by atoms with Crippen molar-refractivity contribution in [3.05, 3.63) is 22.0 Å². The van der Waals surface area contributed by atoms with E-state index >= 15 is 0 Å². The summed E-state index contributed by atoms with van der Waals surface area (Å²) in [5, 5.41) is 24.3. The van der Waals surface area contributed by atoms with Crippen LogP contribution in [0, 0.1) is 10.1 Å². The molecule has 1 fully saturated rings. The minimum atomic E-state index is -0.479. The molecular weight excluding hydrogens is 226 g/mol. The van der Waals surface area contributed by atoms with E-state index in [0.717, 1.165) is 0 Å². The maximum atomic E-state index is 10.9. The molecule has 1 aliphatic rings. The molecule has 0 aliphatic carbocycles. The van der Waals surface area contributed by atoms with Crippen LogP contribution >= 0.6 is 0 Å². The number of aliphatic hydroxyl groups excluding tert-OH is 1. The van der Waals surface area contributed by atoms with Crippen LogP contribution in [0.2, 0.25) is 0 Å². The summed E-state index contributed by atoms with van der Waals surface area (Å²) in [6.45, 7) is 0.680. The molecule has 1 aromatic heterocycles. The summed E-state index contributed by atoms with van der Waals surface area (Å²) in [6.07, 6.45) is 2.04. The quantitative estimate of drug-likeness (QED) is 0.604. The highest BCUT2D eigenvalue weighted by atomic mass is 16.6. The first-order valence-corrected chi connectivity index (χ1v) is 5.51. The van der Waals surface area contributed by atoms with Crippen molar-refractivity contribution in [3.63, 3.8) is 0 Å². The maximum Gasteiger partial charge on any atom is 0.310 e. The van der Waals surface area contributed by atoms with Crippen molar-refractivity contribution in [1.82, 2.24) is 9.78 Å². The fourth-order valence-corrected chi connectivity index (χ4v) is 2.17. The van der Waals surface area contributed by atoms with Crippen LogP contribution in [0.25, 0.3) is 0 Å². The Morgan fingerprint density at radius 3 is 3.06 bits per heavy atom. The van der Waals surface area contributed by atoms with E-state index in [-0.39, 0.29) is 11.6 Å². The van der Waals surface area contributed by atoms with Gasteiger partial charge in [-0.3, -0.25) is 14.8 Å². The van der Waals surface area contributed by atoms with Crippen LogP contribution in [0.15, 0.2) is 6.20 Å². The van der Waals surface area contributed by atoms with E-state index in [9.17, 15) is 15.2 Å². The number of hydrogen-bond donors (Lipinski definition) is 1. The number of aromatic nitrogens is 2. The second kappa shape index (κ2) is 4.80. The summed E-state index contributed by atoms with van der Waals surface area (Å²) in [4.78, 5) is 10.5. The van der Waals surface area contributed by atoms with E-state index in [1.807, 2.05) is 0 Å². The fourth-order valence-electron chi connectivity index (χ4n) is 2.17. The predicted octanol–water partition coefficient (Wildman–Crippen LogP) is 0.583. The third kappa shape index (κ3) is 2.45. The molecule has 0 saturated carbocycles. The van der Waals surface area contributed by atoms with Crippen molar-refractivity contribution < 1.29 is 14.8 Å². The zero-order valence-electron chi connectivity index (χ0n) is 9.57. The van der Waals surface area contributed by atoms with Crippen LogP contribution < -0.4 is 0 Å². The Morgan fingerprint density at radius 1 is 1.59 bits per heavy atom. The average molecular weight is 241 g/mol. The van der Waals surface area contributed by atoms with Gasteiger partial charge in [0.15, 0.2) is 0 Å². The normalized spacial score (nSPS) is 25.5. The first-order chi connectivity index (χ1) is 8.09. The van der Waals surface area contributed by atoms with Gasteiger partial charge in [-0.2, -0.15) is 5.10 Å². The number of hydrogen-bond acceptors (Lipinski definition) is 5. The number of aliphatic hydroxyl groups is 1. The van der Waals surface area contributed by atoms with Crippen LogP contribution in [-0.4, -0.2) is 39.1 Å². The van der Waals surface area contributed by atoms with E-state index in [0.29, 0.717) is 31.7 Å². The monoisotopic (exact) mass is 241 g/mol. The lowest BCUT2D eigenvalue weighted by molar-refractivity contribution is -0.385. The van der Waals surface area contributed by atoms with Gasteiger partial charge in [-0.15, -0.1) is 0 Å². The predicted molar refractivity (Wildman–Crippen MR) is 58.7 cm³/mol. The molecule has 0 bridgehead atoms. The molecule has 17 heavy (non-hydrogen) atoms. The molecule has 1 aliphatic heterocycles. The molecule has 0 spiro atoms. The Balaban J connectivity index is 2.26. The van der Waals surface area contributed by atoms with Crippen molar-refractivity contribution in [2.45, 2.75) is 24.9 Å². The Labute approximate surface area is 98.1 Å². The molecule has 7 heteroatoms. The number of aryl methyl sites for hydroxylation is 1. The summed E-state index contributed by atoms with van der Waals surface area (Å²) in [6, 6.07) is 0. The fraction of sp³-hybridized carbons (Fsp3) is 0.700. The Morgan fingerprint density at radius 2 is 2.35 bits per heavy atom. The van der Waals surface area contributed by atoms with Crippen LogP contribution in [0.1, 0.15) is 24.5 Å². The van der Waals surface area contributed by atoms with Crippen LogP contribution in [0.4, 0.5) is 5.69 Å². The van der Waals surface area contributed by atoms with Crippen molar-refractivity contribution >= 4 is 5.69 Å². The highest BCUT2D eigenvalue weighted by Gasteiger charge is 2.29. The van der Waals surface area contributed by atoms with Gasteiger partial charge in [0.2, 0.25) is 0 Å². The summed E-state index contributed by atoms with van der Waals surface area (Å²) in [7, 11) is 1.68. The van der Waals surface area contributed by atoms with E-state index in [2.05, 4.69) is 5.10 Å². The van der Waals surface area contributed by atoms with Crippen LogP contribution in [0.5, 0.6) is 0 Å². The minimum Gasteiger partial charge on any atom is -0.391 e. The molecule has 2 atom stereocenters. The molecule has 1 saturated heterocycles. The maximum absolute atomic E-state index is 10.9. The highest BCUT2D eigenvalue weighted by molar-refractivity contribution is 5.36. The summed E-state index contributed by atoms with van der Waals surface area (Å²) >= 11 is 0. The van der Waals surface area contributed by atoms with E-state index in [1.165, 1.54) is 10.9 Å². The largest absolute Gasteiger partial charge is 0.391 e. The molecule has 1 N–H and O–H groups in total. The Bertz CT molecular complexity index is 418. The molecule has 1 aromatic rings. The second-order valence-corrected chi connectivity index (χ2v) is 4.26. The number of rotatable bonds is 2. The lowest BCUT2D eigenvalue weighted by atomic mass is 9.98. The molecule has 2 unspecified atom stereocenters. The molecule has 0 radical (unpaired) electrons. The molecular formula is C10H15N3O4. The van der Waals surface area contributed by atoms with Gasteiger partial charge in [-0.05, 0) is 12.8 Å². The zero-order chi connectivity index (χ0) is 12.4. The van der Waals surface area contributed by atoms with Gasteiger partial charge >= 0.3 is 5.69 Å². The summed E-state index contributed by atoms with van der Waals surface area (Å²) in [5.41, 5.74) is 0.599. The lowest BCUT2D eigenvalue weighted by Crippen LogP contribution is -2.12. The van der Waals surface area contributed by atoms with Crippen LogP contribution in [-0.2, 0) is 11.8 Å². The molecule has 0 amide bonds. The van der Waals surface area contributed by atoms with Gasteiger partial charge < -0.3 is 9.84 Å². The first kappa shape index (κ1) is 12.0. The van der Waals surface area contributed by atoms with E-state index in [1.54, 1.807) is 7.05 Å². The van der Waals surface area contributed by atoms with Crippen molar-refractivity contribution in [2.75, 3.05) is 13.2 Å². The molecule has 7 nitrogen and oxygen atoms in total. The van der Waals surface area contributed by atoms with E-state index in [4.69, 9.17) is 4.74 Å². The third-order valence-corrected chi connectivity index (χ3v) is 3.03. The van der Waals surface area contributed by atoms with Gasteiger partial charge in [0.05, 0.1) is 24.2 Å². The third-order valence-electron chi connectivity index (χ3n) is 3.03. The Hall–Kier alpha value is -1.47. The SMILES string of the molecule is Cn1ncc([N+](=O)[O-])c1C1CCC(O)COC1. The molecule has 2 heterocycles. The highest BCUT2D eigenvalue weighted by Crippen LogP contribution is 2.31. The lowest BCUT2D eigenvalue weighted by Gasteiger charge is -2.13. The topological polar surface area (TPSA) is 90.4 Å². The van der Waals surface area contributed by atoms with Gasteiger partial charge in [-0.25, -0.2) is 0 Å². The van der Waals surface area contributed by atoms with Crippen LogP contribution in [0.3, 0.4) is 0 Å².